The second kappa shape index (κ2) is 5.44. The van der Waals surface area contributed by atoms with Crippen LogP contribution in [-0.4, -0.2) is 22.1 Å². The first-order valence-electron chi connectivity index (χ1n) is 6.23. The zero-order valence-corrected chi connectivity index (χ0v) is 11.0. The first-order chi connectivity index (χ1) is 9.85. The van der Waals surface area contributed by atoms with E-state index in [-0.39, 0.29) is 0 Å². The number of anilines is 2. The number of benzene rings is 2. The van der Waals surface area contributed by atoms with Gasteiger partial charge in [0.15, 0.2) is 0 Å². The molecule has 0 atom stereocenters. The zero-order valence-electron chi connectivity index (χ0n) is 11.0. The average molecular weight is 266 g/mol. The van der Waals surface area contributed by atoms with Crippen LogP contribution in [0.5, 0.6) is 5.75 Å². The van der Waals surface area contributed by atoms with Gasteiger partial charge in [0.05, 0.1) is 25.2 Å². The average Bonchev–Trinajstić information content (AvgIpc) is 3.02. The van der Waals surface area contributed by atoms with Crippen LogP contribution in [0.1, 0.15) is 0 Å². The van der Waals surface area contributed by atoms with Crippen molar-refractivity contribution in [2.24, 2.45) is 0 Å². The minimum atomic E-state index is 0.828. The first-order valence-corrected chi connectivity index (χ1v) is 6.23. The van der Waals surface area contributed by atoms with Gasteiger partial charge in [-0.25, -0.2) is 4.68 Å². The molecule has 1 N–H and O–H groups in total. The van der Waals surface area contributed by atoms with Crippen molar-refractivity contribution < 1.29 is 4.74 Å². The summed E-state index contributed by atoms with van der Waals surface area (Å²) in [6.07, 6.45) is 3.47. The topological polar surface area (TPSA) is 52.0 Å². The lowest BCUT2D eigenvalue weighted by Gasteiger charge is -2.08. The summed E-state index contributed by atoms with van der Waals surface area (Å²) in [6.45, 7) is 0. The second-order valence-corrected chi connectivity index (χ2v) is 4.25. The van der Waals surface area contributed by atoms with Gasteiger partial charge < -0.3 is 10.1 Å². The number of hydrogen-bond acceptors (Lipinski definition) is 4. The predicted octanol–water partition coefficient (Wildman–Crippen LogP) is 3.02. The Balaban J connectivity index is 1.78. The molecule has 2 aromatic carbocycles. The summed E-state index contributed by atoms with van der Waals surface area (Å²) in [5.41, 5.74) is 2.96. The summed E-state index contributed by atoms with van der Waals surface area (Å²) in [4.78, 5) is 0. The molecule has 0 spiro atoms. The Hall–Kier alpha value is -2.82. The fraction of sp³-hybridized carbons (Fsp3) is 0.0667. The number of nitrogens with one attached hydrogen (secondary N) is 1. The Morgan fingerprint density at radius 3 is 2.60 bits per heavy atom. The van der Waals surface area contributed by atoms with E-state index in [4.69, 9.17) is 4.74 Å². The third-order valence-corrected chi connectivity index (χ3v) is 2.91. The van der Waals surface area contributed by atoms with Crippen LogP contribution in [0.25, 0.3) is 5.69 Å². The molecule has 5 heteroatoms. The highest BCUT2D eigenvalue weighted by Gasteiger charge is 1.99. The molecule has 3 rings (SSSR count). The molecule has 1 heterocycles. The van der Waals surface area contributed by atoms with Gasteiger partial charge in [0.25, 0.3) is 0 Å². The van der Waals surface area contributed by atoms with Gasteiger partial charge in [0, 0.05) is 17.4 Å². The lowest BCUT2D eigenvalue weighted by atomic mass is 10.2. The standard InChI is InChI=1S/C15H14N4O/c1-20-15-4-2-3-13(11-15)17-12-5-7-14(8-6-12)19-10-9-16-18-19/h2-11,17H,1H3. The third-order valence-electron chi connectivity index (χ3n) is 2.91. The SMILES string of the molecule is COc1cccc(Nc2ccc(-n3ccnn3)cc2)c1. The molecule has 3 aromatic rings. The molecule has 0 aliphatic heterocycles. The minimum absolute atomic E-state index is 0.828. The summed E-state index contributed by atoms with van der Waals surface area (Å²) in [6, 6.07) is 15.8. The van der Waals surface area contributed by atoms with Crippen LogP contribution in [-0.2, 0) is 0 Å². The van der Waals surface area contributed by atoms with E-state index in [2.05, 4.69) is 15.6 Å². The molecule has 0 radical (unpaired) electrons. The van der Waals surface area contributed by atoms with Crippen LogP contribution in [0.2, 0.25) is 0 Å². The molecular weight excluding hydrogens is 252 g/mol. The van der Waals surface area contributed by atoms with E-state index >= 15 is 0 Å². The van der Waals surface area contributed by atoms with E-state index in [1.807, 2.05) is 54.7 Å². The van der Waals surface area contributed by atoms with Crippen molar-refractivity contribution >= 4 is 11.4 Å². The molecule has 0 bridgehead atoms. The quantitative estimate of drug-likeness (QED) is 0.788. The number of aromatic nitrogens is 3. The summed E-state index contributed by atoms with van der Waals surface area (Å²) in [5.74, 6) is 0.828. The van der Waals surface area contributed by atoms with Gasteiger partial charge >= 0.3 is 0 Å². The smallest absolute Gasteiger partial charge is 0.120 e. The van der Waals surface area contributed by atoms with Crippen LogP contribution in [0.3, 0.4) is 0 Å². The number of ether oxygens (including phenoxy) is 1. The van der Waals surface area contributed by atoms with Crippen LogP contribution >= 0.6 is 0 Å². The van der Waals surface area contributed by atoms with Crippen LogP contribution in [0, 0.1) is 0 Å². The van der Waals surface area contributed by atoms with Gasteiger partial charge in [0.1, 0.15) is 5.75 Å². The highest BCUT2D eigenvalue weighted by Crippen LogP contribution is 2.22. The number of hydrogen-bond donors (Lipinski definition) is 1. The van der Waals surface area contributed by atoms with Gasteiger partial charge in [-0.05, 0) is 36.4 Å². The second-order valence-electron chi connectivity index (χ2n) is 4.25. The molecule has 0 amide bonds. The minimum Gasteiger partial charge on any atom is -0.497 e. The molecule has 5 nitrogen and oxygen atoms in total. The summed E-state index contributed by atoms with van der Waals surface area (Å²) in [7, 11) is 1.66. The molecule has 0 aliphatic rings. The van der Waals surface area contributed by atoms with E-state index in [1.165, 1.54) is 0 Å². The molecular formula is C15H14N4O. The zero-order chi connectivity index (χ0) is 13.8. The lowest BCUT2D eigenvalue weighted by Crippen LogP contribution is -1.96. The highest BCUT2D eigenvalue weighted by molar-refractivity contribution is 5.62. The van der Waals surface area contributed by atoms with Crippen LogP contribution < -0.4 is 10.1 Å². The summed E-state index contributed by atoms with van der Waals surface area (Å²) < 4.78 is 6.92. The molecule has 0 unspecified atom stereocenters. The number of methoxy groups -OCH3 is 1. The van der Waals surface area contributed by atoms with E-state index in [0.717, 1.165) is 22.8 Å². The van der Waals surface area contributed by atoms with Gasteiger partial charge in [-0.3, -0.25) is 0 Å². The normalized spacial score (nSPS) is 10.2. The maximum atomic E-state index is 5.20. The van der Waals surface area contributed by atoms with Crippen LogP contribution in [0.15, 0.2) is 60.9 Å². The molecule has 0 aliphatic carbocycles. The number of nitrogens with zero attached hydrogens (tertiary/aromatic N) is 3. The van der Waals surface area contributed by atoms with Crippen LogP contribution in [0.4, 0.5) is 11.4 Å². The highest BCUT2D eigenvalue weighted by atomic mass is 16.5. The van der Waals surface area contributed by atoms with E-state index in [1.54, 1.807) is 18.0 Å². The largest absolute Gasteiger partial charge is 0.497 e. The van der Waals surface area contributed by atoms with E-state index in [0.29, 0.717) is 0 Å². The maximum absolute atomic E-state index is 5.20. The monoisotopic (exact) mass is 266 g/mol. The molecule has 0 saturated carbocycles. The maximum Gasteiger partial charge on any atom is 0.120 e. The predicted molar refractivity (Wildman–Crippen MR) is 77.6 cm³/mol. The van der Waals surface area contributed by atoms with Crippen molar-refractivity contribution in [3.63, 3.8) is 0 Å². The van der Waals surface area contributed by atoms with Crippen molar-refractivity contribution in [2.75, 3.05) is 12.4 Å². The van der Waals surface area contributed by atoms with Crippen molar-refractivity contribution in [3.8, 4) is 11.4 Å². The molecule has 100 valence electrons. The van der Waals surface area contributed by atoms with Crippen molar-refractivity contribution in [3.05, 3.63) is 60.9 Å². The number of rotatable bonds is 4. The summed E-state index contributed by atoms with van der Waals surface area (Å²) >= 11 is 0. The molecule has 1 aromatic heterocycles. The Morgan fingerprint density at radius 2 is 1.90 bits per heavy atom. The summed E-state index contributed by atoms with van der Waals surface area (Å²) in [5, 5.41) is 11.1. The Bertz CT molecular complexity index is 677. The van der Waals surface area contributed by atoms with Crippen molar-refractivity contribution in [1.82, 2.24) is 15.0 Å². The van der Waals surface area contributed by atoms with Gasteiger partial charge in [-0.15, -0.1) is 5.10 Å². The first kappa shape index (κ1) is 12.2. The Morgan fingerprint density at radius 1 is 1.05 bits per heavy atom. The van der Waals surface area contributed by atoms with Gasteiger partial charge in [-0.1, -0.05) is 11.3 Å². The van der Waals surface area contributed by atoms with E-state index in [9.17, 15) is 0 Å². The van der Waals surface area contributed by atoms with Gasteiger partial charge in [0.2, 0.25) is 0 Å². The molecule has 0 saturated heterocycles. The van der Waals surface area contributed by atoms with Gasteiger partial charge in [-0.2, -0.15) is 0 Å². The Labute approximate surface area is 116 Å². The van der Waals surface area contributed by atoms with Crippen molar-refractivity contribution in [2.45, 2.75) is 0 Å². The third kappa shape index (κ3) is 2.61. The fourth-order valence-electron chi connectivity index (χ4n) is 1.91. The fourth-order valence-corrected chi connectivity index (χ4v) is 1.91. The van der Waals surface area contributed by atoms with E-state index < -0.39 is 0 Å². The Kier molecular flexibility index (Phi) is 3.33. The van der Waals surface area contributed by atoms with Crippen molar-refractivity contribution in [1.29, 1.82) is 0 Å². The lowest BCUT2D eigenvalue weighted by molar-refractivity contribution is 0.415. The molecule has 0 fully saturated rings. The molecule has 20 heavy (non-hydrogen) atoms.